The van der Waals surface area contributed by atoms with Crippen LogP contribution in [0, 0.1) is 0 Å². The summed E-state index contributed by atoms with van der Waals surface area (Å²) in [7, 11) is 0. The van der Waals surface area contributed by atoms with E-state index in [1.807, 2.05) is 37.3 Å². The minimum atomic E-state index is -1.10. The van der Waals surface area contributed by atoms with Gasteiger partial charge in [0, 0.05) is 6.20 Å². The van der Waals surface area contributed by atoms with Crippen LogP contribution in [0.2, 0.25) is 0 Å². The topological polar surface area (TPSA) is 84.2 Å². The second kappa shape index (κ2) is 6.69. The number of carboxylic acids is 1. The number of aromatic carboxylic acids is 1. The van der Waals surface area contributed by atoms with E-state index in [1.54, 1.807) is 0 Å². The molecule has 6 heteroatoms. The molecule has 0 saturated carbocycles. The van der Waals surface area contributed by atoms with E-state index in [4.69, 9.17) is 5.11 Å². The maximum absolute atomic E-state index is 12.1. The van der Waals surface area contributed by atoms with Crippen molar-refractivity contribution in [3.05, 3.63) is 53.9 Å². The van der Waals surface area contributed by atoms with E-state index in [1.165, 1.54) is 16.9 Å². The van der Waals surface area contributed by atoms with Gasteiger partial charge in [-0.15, -0.1) is 0 Å². The molecule has 0 aliphatic rings. The van der Waals surface area contributed by atoms with Crippen molar-refractivity contribution in [2.24, 2.45) is 0 Å². The summed E-state index contributed by atoms with van der Waals surface area (Å²) in [6.07, 6.45) is 2.12. The zero-order chi connectivity index (χ0) is 15.2. The number of hydrogen-bond acceptors (Lipinski definition) is 3. The molecule has 2 N–H and O–H groups in total. The molecule has 0 saturated heterocycles. The van der Waals surface area contributed by atoms with Gasteiger partial charge in [0.2, 0.25) is 5.91 Å². The highest BCUT2D eigenvalue weighted by Crippen LogP contribution is 2.15. The maximum atomic E-state index is 12.1. The van der Waals surface area contributed by atoms with Crippen molar-refractivity contribution in [3.8, 4) is 0 Å². The number of carbonyl (C=O) groups is 2. The highest BCUT2D eigenvalue weighted by atomic mass is 16.4. The molecular formula is C15H17N3O3. The number of nitrogens with zero attached hydrogens (tertiary/aromatic N) is 2. The van der Waals surface area contributed by atoms with Gasteiger partial charge >= 0.3 is 5.97 Å². The van der Waals surface area contributed by atoms with Gasteiger partial charge in [-0.2, -0.15) is 5.10 Å². The van der Waals surface area contributed by atoms with Crippen LogP contribution in [-0.2, 0) is 11.3 Å². The SMILES string of the molecule is CCC(NC(=O)Cn1nccc1C(=O)O)c1ccccc1. The largest absolute Gasteiger partial charge is 0.477 e. The molecule has 2 aromatic rings. The number of carbonyl (C=O) groups excluding carboxylic acids is 1. The molecule has 6 nitrogen and oxygen atoms in total. The quantitative estimate of drug-likeness (QED) is 0.849. The molecule has 0 fully saturated rings. The number of benzene rings is 1. The van der Waals surface area contributed by atoms with E-state index in [-0.39, 0.29) is 24.2 Å². The number of amides is 1. The van der Waals surface area contributed by atoms with E-state index in [0.717, 1.165) is 12.0 Å². The van der Waals surface area contributed by atoms with Crippen molar-refractivity contribution < 1.29 is 14.7 Å². The van der Waals surface area contributed by atoms with Gasteiger partial charge in [-0.1, -0.05) is 37.3 Å². The molecule has 1 amide bonds. The number of hydrogen-bond donors (Lipinski definition) is 2. The van der Waals surface area contributed by atoms with E-state index in [0.29, 0.717) is 0 Å². The van der Waals surface area contributed by atoms with Crippen molar-refractivity contribution in [1.82, 2.24) is 15.1 Å². The van der Waals surface area contributed by atoms with Crippen LogP contribution in [0.15, 0.2) is 42.6 Å². The number of rotatable bonds is 6. The van der Waals surface area contributed by atoms with Crippen LogP contribution in [0.3, 0.4) is 0 Å². The average molecular weight is 287 g/mol. The van der Waals surface area contributed by atoms with E-state index in [9.17, 15) is 9.59 Å². The summed E-state index contributed by atoms with van der Waals surface area (Å²) >= 11 is 0. The third-order valence-electron chi connectivity index (χ3n) is 3.17. The lowest BCUT2D eigenvalue weighted by Crippen LogP contribution is -2.32. The van der Waals surface area contributed by atoms with Gasteiger partial charge in [0.1, 0.15) is 12.2 Å². The van der Waals surface area contributed by atoms with Crippen LogP contribution >= 0.6 is 0 Å². The van der Waals surface area contributed by atoms with Gasteiger partial charge in [-0.05, 0) is 18.1 Å². The first kappa shape index (κ1) is 14.8. The summed E-state index contributed by atoms with van der Waals surface area (Å²) in [5.41, 5.74) is 1.02. The average Bonchev–Trinajstić information content (AvgIpc) is 2.94. The summed E-state index contributed by atoms with van der Waals surface area (Å²) in [6.45, 7) is 1.87. The van der Waals surface area contributed by atoms with Gasteiger partial charge in [0.25, 0.3) is 0 Å². The molecule has 1 aromatic carbocycles. The molecule has 0 spiro atoms. The fraction of sp³-hybridized carbons (Fsp3) is 0.267. The first-order chi connectivity index (χ1) is 10.1. The van der Waals surface area contributed by atoms with Crippen molar-refractivity contribution in [1.29, 1.82) is 0 Å². The van der Waals surface area contributed by atoms with E-state index >= 15 is 0 Å². The molecule has 21 heavy (non-hydrogen) atoms. The Kier molecular flexibility index (Phi) is 4.71. The molecule has 1 heterocycles. The van der Waals surface area contributed by atoms with Crippen LogP contribution in [0.1, 0.15) is 35.4 Å². The summed E-state index contributed by atoms with van der Waals surface area (Å²) in [5.74, 6) is -1.37. The predicted molar refractivity (Wildman–Crippen MR) is 76.8 cm³/mol. The summed E-state index contributed by atoms with van der Waals surface area (Å²) < 4.78 is 1.18. The van der Waals surface area contributed by atoms with E-state index in [2.05, 4.69) is 10.4 Å². The zero-order valence-electron chi connectivity index (χ0n) is 11.7. The van der Waals surface area contributed by atoms with Crippen LogP contribution in [0.4, 0.5) is 0 Å². The Morgan fingerprint density at radius 1 is 1.29 bits per heavy atom. The van der Waals surface area contributed by atoms with Gasteiger partial charge in [0.05, 0.1) is 6.04 Å². The normalized spacial score (nSPS) is 11.9. The predicted octanol–water partition coefficient (Wildman–Crippen LogP) is 1.85. The van der Waals surface area contributed by atoms with Gasteiger partial charge in [-0.3, -0.25) is 4.79 Å². The lowest BCUT2D eigenvalue weighted by Gasteiger charge is -2.17. The Labute approximate surface area is 122 Å². The van der Waals surface area contributed by atoms with Crippen LogP contribution in [-0.4, -0.2) is 26.8 Å². The van der Waals surface area contributed by atoms with Crippen LogP contribution in [0.5, 0.6) is 0 Å². The Balaban J connectivity index is 2.04. The summed E-state index contributed by atoms with van der Waals surface area (Å²) in [5, 5.41) is 15.7. The molecule has 1 aromatic heterocycles. The Hall–Kier alpha value is -2.63. The van der Waals surface area contributed by atoms with Crippen molar-refractivity contribution in [2.75, 3.05) is 0 Å². The van der Waals surface area contributed by atoms with E-state index < -0.39 is 5.97 Å². The highest BCUT2D eigenvalue weighted by molar-refractivity contribution is 5.86. The summed E-state index contributed by atoms with van der Waals surface area (Å²) in [6, 6.07) is 10.9. The van der Waals surface area contributed by atoms with Gasteiger partial charge in [0.15, 0.2) is 0 Å². The van der Waals surface area contributed by atoms with Crippen LogP contribution < -0.4 is 5.32 Å². The maximum Gasteiger partial charge on any atom is 0.354 e. The fourth-order valence-electron chi connectivity index (χ4n) is 2.12. The molecule has 0 aliphatic heterocycles. The van der Waals surface area contributed by atoms with Crippen molar-refractivity contribution in [2.45, 2.75) is 25.9 Å². The monoisotopic (exact) mass is 287 g/mol. The van der Waals surface area contributed by atoms with Crippen molar-refractivity contribution in [3.63, 3.8) is 0 Å². The lowest BCUT2D eigenvalue weighted by atomic mass is 10.0. The zero-order valence-corrected chi connectivity index (χ0v) is 11.7. The molecule has 2 rings (SSSR count). The van der Waals surface area contributed by atoms with Crippen LogP contribution in [0.25, 0.3) is 0 Å². The number of nitrogens with one attached hydrogen (secondary N) is 1. The molecule has 1 atom stereocenters. The highest BCUT2D eigenvalue weighted by Gasteiger charge is 2.16. The molecule has 110 valence electrons. The molecule has 0 radical (unpaired) electrons. The molecule has 0 bridgehead atoms. The lowest BCUT2D eigenvalue weighted by molar-refractivity contribution is -0.122. The van der Waals surface area contributed by atoms with Gasteiger partial charge < -0.3 is 10.4 Å². The second-order valence-corrected chi connectivity index (χ2v) is 4.62. The standard InChI is InChI=1S/C15H17N3O3/c1-2-12(11-6-4-3-5-7-11)17-14(19)10-18-13(15(20)21)8-9-16-18/h3-9,12H,2,10H2,1H3,(H,17,19)(H,20,21). The summed E-state index contributed by atoms with van der Waals surface area (Å²) in [4.78, 5) is 23.0. The Bertz CT molecular complexity index is 622. The minimum absolute atomic E-state index is 0.00194. The third kappa shape index (κ3) is 3.68. The number of carboxylic acid groups (broad SMARTS) is 1. The Morgan fingerprint density at radius 2 is 2.00 bits per heavy atom. The fourth-order valence-corrected chi connectivity index (χ4v) is 2.12. The first-order valence-electron chi connectivity index (χ1n) is 6.71. The molecule has 0 aliphatic carbocycles. The molecule has 1 unspecified atom stereocenters. The first-order valence-corrected chi connectivity index (χ1v) is 6.71. The molecular weight excluding hydrogens is 270 g/mol. The number of aromatic nitrogens is 2. The smallest absolute Gasteiger partial charge is 0.354 e. The van der Waals surface area contributed by atoms with Crippen molar-refractivity contribution >= 4 is 11.9 Å². The van der Waals surface area contributed by atoms with Gasteiger partial charge in [-0.25, -0.2) is 9.48 Å². The minimum Gasteiger partial charge on any atom is -0.477 e. The Morgan fingerprint density at radius 3 is 2.62 bits per heavy atom. The second-order valence-electron chi connectivity index (χ2n) is 4.62. The third-order valence-corrected chi connectivity index (χ3v) is 3.17.